The van der Waals surface area contributed by atoms with E-state index in [9.17, 15) is 0 Å². The van der Waals surface area contributed by atoms with Gasteiger partial charge in [-0.15, -0.1) is 5.10 Å². The Labute approximate surface area is 61.9 Å². The number of aromatic nitrogens is 1. The summed E-state index contributed by atoms with van der Waals surface area (Å²) < 4.78 is 1.58. The highest BCUT2D eigenvalue weighted by atomic mass is 15.6. The van der Waals surface area contributed by atoms with Crippen LogP contribution in [0.15, 0.2) is 50.3 Å². The molecule has 2 heterocycles. The van der Waals surface area contributed by atoms with Crippen LogP contribution in [0.5, 0.6) is 0 Å². The van der Waals surface area contributed by atoms with Gasteiger partial charge in [-0.2, -0.15) is 0 Å². The van der Waals surface area contributed by atoms with Crippen molar-refractivity contribution in [2.45, 2.75) is 0 Å². The second-order valence-corrected chi connectivity index (χ2v) is 1.84. The quantitative estimate of drug-likeness (QED) is 0.578. The number of guanidine groups is 1. The summed E-state index contributed by atoms with van der Waals surface area (Å²) in [5.41, 5.74) is 0. The number of hydrogen-bond acceptors (Lipinski definition) is 3. The molecule has 11 heavy (non-hydrogen) atoms. The monoisotopic (exact) mass is 148 g/mol. The molecule has 0 amide bonds. The van der Waals surface area contributed by atoms with Crippen LogP contribution in [0.4, 0.5) is 0 Å². The molecule has 1 aromatic heterocycles. The highest BCUT2D eigenvalue weighted by Gasteiger charge is 1.98. The molecule has 0 saturated heterocycles. The fourth-order valence-electron chi connectivity index (χ4n) is 0.675. The zero-order valence-corrected chi connectivity index (χ0v) is 5.49. The number of nitrogens with zero attached hydrogens (tertiary/aromatic N) is 6. The summed E-state index contributed by atoms with van der Waals surface area (Å²) >= 11 is 0. The van der Waals surface area contributed by atoms with E-state index in [0.29, 0.717) is 0 Å². The zero-order chi connectivity index (χ0) is 7.52. The lowest BCUT2D eigenvalue weighted by molar-refractivity contribution is 0.880. The minimum Gasteiger partial charge on any atom is -0.245 e. The van der Waals surface area contributed by atoms with Gasteiger partial charge in [-0.3, -0.25) is 0 Å². The van der Waals surface area contributed by atoms with Gasteiger partial charge in [-0.1, -0.05) is 10.2 Å². The van der Waals surface area contributed by atoms with Crippen molar-refractivity contribution in [2.24, 2.45) is 25.8 Å². The second-order valence-electron chi connectivity index (χ2n) is 1.84. The lowest BCUT2D eigenvalue weighted by Gasteiger charge is -1.87. The molecule has 0 spiro atoms. The van der Waals surface area contributed by atoms with E-state index in [4.69, 9.17) is 0 Å². The van der Waals surface area contributed by atoms with Gasteiger partial charge in [-0.05, 0) is 22.6 Å². The summed E-state index contributed by atoms with van der Waals surface area (Å²) in [6, 6.07) is 3.71. The lowest BCUT2D eigenvalue weighted by Crippen LogP contribution is -1.89. The van der Waals surface area contributed by atoms with Crippen LogP contribution in [0.3, 0.4) is 0 Å². The van der Waals surface area contributed by atoms with Crippen molar-refractivity contribution in [3.8, 4) is 0 Å². The van der Waals surface area contributed by atoms with Crippen LogP contribution in [0.2, 0.25) is 0 Å². The SMILES string of the molecule is c1ccn(N=C2N=NN=N2)c1. The van der Waals surface area contributed by atoms with Crippen molar-refractivity contribution in [3.63, 3.8) is 0 Å². The van der Waals surface area contributed by atoms with Crippen LogP contribution < -0.4 is 0 Å². The number of rotatable bonds is 1. The molecule has 54 valence electrons. The van der Waals surface area contributed by atoms with Gasteiger partial charge in [0.15, 0.2) is 0 Å². The molecule has 1 aliphatic heterocycles. The van der Waals surface area contributed by atoms with Gasteiger partial charge in [0.1, 0.15) is 0 Å². The van der Waals surface area contributed by atoms with Crippen molar-refractivity contribution < 1.29 is 0 Å². The Morgan fingerprint density at radius 1 is 1.09 bits per heavy atom. The fraction of sp³-hybridized carbons (Fsp3) is 0. The molecular formula is C5H4N6. The summed E-state index contributed by atoms with van der Waals surface area (Å²) in [6.07, 6.45) is 3.55. The predicted molar refractivity (Wildman–Crippen MR) is 37.0 cm³/mol. The van der Waals surface area contributed by atoms with Crippen LogP contribution in [0, 0.1) is 0 Å². The van der Waals surface area contributed by atoms with Crippen molar-refractivity contribution in [3.05, 3.63) is 24.5 Å². The summed E-state index contributed by atoms with van der Waals surface area (Å²) in [6.45, 7) is 0. The van der Waals surface area contributed by atoms with E-state index in [1.807, 2.05) is 12.1 Å². The van der Waals surface area contributed by atoms with E-state index < -0.39 is 0 Å². The van der Waals surface area contributed by atoms with Crippen molar-refractivity contribution >= 4 is 5.96 Å². The first-order valence-electron chi connectivity index (χ1n) is 2.99. The molecule has 0 fully saturated rings. The summed E-state index contributed by atoms with van der Waals surface area (Å²) in [7, 11) is 0. The Morgan fingerprint density at radius 3 is 2.36 bits per heavy atom. The van der Waals surface area contributed by atoms with Gasteiger partial charge < -0.3 is 0 Å². The Hall–Kier alpha value is -1.85. The lowest BCUT2D eigenvalue weighted by atomic mass is 10.7. The smallest absolute Gasteiger partial charge is 0.245 e. The second kappa shape index (κ2) is 2.41. The van der Waals surface area contributed by atoms with Crippen molar-refractivity contribution in [1.82, 2.24) is 4.68 Å². The van der Waals surface area contributed by atoms with Gasteiger partial charge in [0.25, 0.3) is 0 Å². The summed E-state index contributed by atoms with van der Waals surface area (Å²) in [5, 5.41) is 17.6. The van der Waals surface area contributed by atoms with Crippen LogP contribution >= 0.6 is 0 Å². The molecule has 0 atom stereocenters. The molecule has 6 heteroatoms. The zero-order valence-electron chi connectivity index (χ0n) is 5.49. The Kier molecular flexibility index (Phi) is 1.29. The topological polar surface area (TPSA) is 66.7 Å². The van der Waals surface area contributed by atoms with Gasteiger partial charge in [0.05, 0.1) is 0 Å². The third-order valence-electron chi connectivity index (χ3n) is 1.10. The van der Waals surface area contributed by atoms with Gasteiger partial charge in [0.2, 0.25) is 0 Å². The minimum atomic E-state index is 0.265. The van der Waals surface area contributed by atoms with Crippen LogP contribution in [-0.2, 0) is 0 Å². The van der Waals surface area contributed by atoms with E-state index >= 15 is 0 Å². The molecular weight excluding hydrogens is 144 g/mol. The molecule has 0 aromatic carbocycles. The maximum atomic E-state index is 3.93. The molecule has 0 aliphatic carbocycles. The predicted octanol–water partition coefficient (Wildman–Crippen LogP) is 1.44. The van der Waals surface area contributed by atoms with E-state index in [1.165, 1.54) is 0 Å². The molecule has 0 N–H and O–H groups in total. The van der Waals surface area contributed by atoms with E-state index in [2.05, 4.69) is 25.8 Å². The maximum absolute atomic E-state index is 3.93. The average Bonchev–Trinajstić information content (AvgIpc) is 2.60. The fourth-order valence-corrected chi connectivity index (χ4v) is 0.675. The van der Waals surface area contributed by atoms with E-state index in [-0.39, 0.29) is 5.96 Å². The first-order chi connectivity index (χ1) is 5.45. The molecule has 0 saturated carbocycles. The molecule has 0 bridgehead atoms. The largest absolute Gasteiger partial charge is 0.308 e. The minimum absolute atomic E-state index is 0.265. The third kappa shape index (κ3) is 1.18. The molecule has 0 unspecified atom stereocenters. The van der Waals surface area contributed by atoms with E-state index in [1.54, 1.807) is 17.1 Å². The normalized spacial score (nSPS) is 14.4. The molecule has 6 nitrogen and oxygen atoms in total. The summed E-state index contributed by atoms with van der Waals surface area (Å²) in [5.74, 6) is 0.265. The standard InChI is InChI=1S/C5H4N6/c1-2-4-11(3-1)8-5-6-9-10-7-5/h1-4H. The maximum Gasteiger partial charge on any atom is 0.308 e. The first kappa shape index (κ1) is 5.90. The molecule has 1 aromatic rings. The van der Waals surface area contributed by atoms with E-state index in [0.717, 1.165) is 0 Å². The highest BCUT2D eigenvalue weighted by molar-refractivity contribution is 5.80. The Bertz CT molecular complexity index is 305. The Morgan fingerprint density at radius 2 is 1.73 bits per heavy atom. The van der Waals surface area contributed by atoms with Crippen LogP contribution in [0.1, 0.15) is 0 Å². The van der Waals surface area contributed by atoms with Gasteiger partial charge >= 0.3 is 5.96 Å². The third-order valence-corrected chi connectivity index (χ3v) is 1.10. The van der Waals surface area contributed by atoms with Crippen molar-refractivity contribution in [2.75, 3.05) is 0 Å². The Balaban J connectivity index is 2.28. The highest BCUT2D eigenvalue weighted by Crippen LogP contribution is 1.99. The van der Waals surface area contributed by atoms with Crippen LogP contribution in [-0.4, -0.2) is 10.6 Å². The average molecular weight is 148 g/mol. The summed E-state index contributed by atoms with van der Waals surface area (Å²) in [4.78, 5) is 0. The van der Waals surface area contributed by atoms with Gasteiger partial charge in [0, 0.05) is 12.4 Å². The molecule has 1 aliphatic rings. The number of hydrogen-bond donors (Lipinski definition) is 0. The first-order valence-corrected chi connectivity index (χ1v) is 2.99. The van der Waals surface area contributed by atoms with Crippen LogP contribution in [0.25, 0.3) is 0 Å². The van der Waals surface area contributed by atoms with Crippen molar-refractivity contribution in [1.29, 1.82) is 0 Å². The molecule has 0 radical (unpaired) electrons. The molecule has 2 rings (SSSR count). The van der Waals surface area contributed by atoms with Gasteiger partial charge in [-0.25, -0.2) is 4.68 Å².